The molecule has 0 spiro atoms. The highest BCUT2D eigenvalue weighted by atomic mass is 79.9. The van der Waals surface area contributed by atoms with Crippen LogP contribution in [0.25, 0.3) is 0 Å². The van der Waals surface area contributed by atoms with Gasteiger partial charge in [0.1, 0.15) is 17.9 Å². The van der Waals surface area contributed by atoms with Gasteiger partial charge in [-0.1, -0.05) is 0 Å². The van der Waals surface area contributed by atoms with Gasteiger partial charge in [0.2, 0.25) is 5.75 Å². The summed E-state index contributed by atoms with van der Waals surface area (Å²) in [7, 11) is 1.49. The van der Waals surface area contributed by atoms with Gasteiger partial charge in [-0.25, -0.2) is 9.37 Å². The van der Waals surface area contributed by atoms with Crippen molar-refractivity contribution in [3.05, 3.63) is 34.8 Å². The first-order valence-electron chi connectivity index (χ1n) is 5.91. The van der Waals surface area contributed by atoms with Crippen molar-refractivity contribution in [2.45, 2.75) is 6.92 Å². The Bertz CT molecular complexity index is 610. The van der Waals surface area contributed by atoms with Crippen molar-refractivity contribution in [3.63, 3.8) is 0 Å². The minimum absolute atomic E-state index is 0.222. The Kier molecular flexibility index (Phi) is 4.73. The Balaban J connectivity index is 2.32. The molecule has 1 aromatic heterocycles. The first-order chi connectivity index (χ1) is 9.65. The van der Waals surface area contributed by atoms with E-state index in [-0.39, 0.29) is 5.88 Å². The van der Waals surface area contributed by atoms with E-state index in [0.717, 1.165) is 0 Å². The lowest BCUT2D eigenvalue weighted by atomic mass is 10.3. The molecular weight excluding hydrogens is 329 g/mol. The molecule has 0 amide bonds. The van der Waals surface area contributed by atoms with Gasteiger partial charge in [-0.3, -0.25) is 0 Å². The number of rotatable bonds is 5. The van der Waals surface area contributed by atoms with Gasteiger partial charge in [0, 0.05) is 12.6 Å². The van der Waals surface area contributed by atoms with Crippen molar-refractivity contribution in [1.82, 2.24) is 9.97 Å². The Morgan fingerprint density at radius 2 is 2.15 bits per heavy atom. The topological polar surface area (TPSA) is 56.3 Å². The highest BCUT2D eigenvalue weighted by Crippen LogP contribution is 2.34. The number of hydrogen-bond acceptors (Lipinski definition) is 5. The molecule has 0 fully saturated rings. The largest absolute Gasteiger partial charge is 0.489 e. The summed E-state index contributed by atoms with van der Waals surface area (Å²) in [5.74, 6) is 1.03. The third-order valence-electron chi connectivity index (χ3n) is 2.43. The normalized spacial score (nSPS) is 10.2. The minimum Gasteiger partial charge on any atom is -0.489 e. The maximum absolute atomic E-state index is 13.5. The standard InChI is InChI=1S/C13H13BrFN3O2/c1-3-16-12-11(19-2)13(18-7-17-12)20-8-4-5-9(14)10(15)6-8/h4-7H,3H2,1-2H3,(H,16,17,18). The van der Waals surface area contributed by atoms with Gasteiger partial charge in [-0.05, 0) is 35.0 Å². The van der Waals surface area contributed by atoms with Gasteiger partial charge in [0.05, 0.1) is 11.6 Å². The summed E-state index contributed by atoms with van der Waals surface area (Å²) in [4.78, 5) is 8.07. The van der Waals surface area contributed by atoms with Gasteiger partial charge < -0.3 is 14.8 Å². The lowest BCUT2D eigenvalue weighted by Crippen LogP contribution is -2.04. The second kappa shape index (κ2) is 6.51. The molecule has 2 aromatic rings. The summed E-state index contributed by atoms with van der Waals surface area (Å²) in [6, 6.07) is 4.45. The molecule has 1 aromatic carbocycles. The third-order valence-corrected chi connectivity index (χ3v) is 3.07. The van der Waals surface area contributed by atoms with Crippen LogP contribution in [-0.2, 0) is 0 Å². The van der Waals surface area contributed by atoms with E-state index in [9.17, 15) is 4.39 Å². The molecule has 0 atom stereocenters. The van der Waals surface area contributed by atoms with Crippen LogP contribution in [0.15, 0.2) is 29.0 Å². The van der Waals surface area contributed by atoms with E-state index in [1.807, 2.05) is 6.92 Å². The van der Waals surface area contributed by atoms with Crippen molar-refractivity contribution in [3.8, 4) is 17.4 Å². The maximum Gasteiger partial charge on any atom is 0.268 e. The summed E-state index contributed by atoms with van der Waals surface area (Å²) >= 11 is 3.08. The minimum atomic E-state index is -0.414. The number of hydrogen-bond donors (Lipinski definition) is 1. The van der Waals surface area contributed by atoms with Crippen molar-refractivity contribution in [1.29, 1.82) is 0 Å². The summed E-state index contributed by atoms with van der Waals surface area (Å²) in [5, 5.41) is 3.04. The van der Waals surface area contributed by atoms with Gasteiger partial charge >= 0.3 is 0 Å². The zero-order valence-corrected chi connectivity index (χ0v) is 12.6. The molecular formula is C13H13BrFN3O2. The van der Waals surface area contributed by atoms with Crippen molar-refractivity contribution in [2.75, 3.05) is 19.0 Å². The predicted octanol–water partition coefficient (Wildman–Crippen LogP) is 3.61. The third kappa shape index (κ3) is 3.16. The fourth-order valence-corrected chi connectivity index (χ4v) is 1.81. The predicted molar refractivity (Wildman–Crippen MR) is 76.9 cm³/mol. The van der Waals surface area contributed by atoms with E-state index in [0.29, 0.717) is 28.3 Å². The SMILES string of the molecule is CCNc1ncnc(Oc2ccc(Br)c(F)c2)c1OC. The van der Waals surface area contributed by atoms with E-state index >= 15 is 0 Å². The quantitative estimate of drug-likeness (QED) is 0.900. The molecule has 5 nitrogen and oxygen atoms in total. The number of nitrogens with one attached hydrogen (secondary N) is 1. The molecule has 0 unspecified atom stereocenters. The van der Waals surface area contributed by atoms with Crippen molar-refractivity contribution < 1.29 is 13.9 Å². The number of halogens is 2. The van der Waals surface area contributed by atoms with Crippen LogP contribution < -0.4 is 14.8 Å². The summed E-state index contributed by atoms with van der Waals surface area (Å²) in [6.07, 6.45) is 1.35. The molecule has 0 aliphatic heterocycles. The van der Waals surface area contributed by atoms with Gasteiger partial charge in [0.25, 0.3) is 5.88 Å². The second-order valence-corrected chi connectivity index (χ2v) is 4.62. The molecule has 106 valence electrons. The van der Waals surface area contributed by atoms with Crippen LogP contribution in [0, 0.1) is 5.82 Å². The monoisotopic (exact) mass is 341 g/mol. The molecule has 0 radical (unpaired) electrons. The Morgan fingerprint density at radius 3 is 2.80 bits per heavy atom. The van der Waals surface area contributed by atoms with Crippen molar-refractivity contribution >= 4 is 21.7 Å². The zero-order valence-electron chi connectivity index (χ0n) is 11.0. The van der Waals surface area contributed by atoms with E-state index in [4.69, 9.17) is 9.47 Å². The van der Waals surface area contributed by atoms with Crippen LogP contribution in [0.1, 0.15) is 6.92 Å². The Morgan fingerprint density at radius 1 is 1.35 bits per heavy atom. The lowest BCUT2D eigenvalue weighted by Gasteiger charge is -2.12. The molecule has 0 bridgehead atoms. The first-order valence-corrected chi connectivity index (χ1v) is 6.70. The summed E-state index contributed by atoms with van der Waals surface area (Å²) in [6.45, 7) is 2.62. The average Bonchev–Trinajstić information content (AvgIpc) is 2.44. The molecule has 0 saturated carbocycles. The van der Waals surface area contributed by atoms with Gasteiger partial charge in [-0.2, -0.15) is 4.98 Å². The number of benzene rings is 1. The van der Waals surface area contributed by atoms with Crippen LogP contribution in [0.5, 0.6) is 17.4 Å². The molecule has 0 aliphatic rings. The molecule has 0 aliphatic carbocycles. The van der Waals surface area contributed by atoms with Crippen LogP contribution in [0.4, 0.5) is 10.2 Å². The van der Waals surface area contributed by atoms with E-state index in [1.54, 1.807) is 12.1 Å². The fourth-order valence-electron chi connectivity index (χ4n) is 1.56. The van der Waals surface area contributed by atoms with E-state index in [2.05, 4.69) is 31.2 Å². The smallest absolute Gasteiger partial charge is 0.268 e. The fraction of sp³-hybridized carbons (Fsp3) is 0.231. The second-order valence-electron chi connectivity index (χ2n) is 3.77. The summed E-state index contributed by atoms with van der Waals surface area (Å²) in [5.41, 5.74) is 0. The number of ether oxygens (including phenoxy) is 2. The molecule has 7 heteroatoms. The summed E-state index contributed by atoms with van der Waals surface area (Å²) < 4.78 is 24.6. The number of aromatic nitrogens is 2. The maximum atomic E-state index is 13.5. The van der Waals surface area contributed by atoms with Crippen molar-refractivity contribution in [2.24, 2.45) is 0 Å². The van der Waals surface area contributed by atoms with E-state index in [1.165, 1.54) is 19.5 Å². The van der Waals surface area contributed by atoms with Crippen LogP contribution in [-0.4, -0.2) is 23.6 Å². The van der Waals surface area contributed by atoms with Gasteiger partial charge in [0.15, 0.2) is 5.82 Å². The average molecular weight is 342 g/mol. The van der Waals surface area contributed by atoms with Gasteiger partial charge in [-0.15, -0.1) is 0 Å². The number of methoxy groups -OCH3 is 1. The van der Waals surface area contributed by atoms with Crippen LogP contribution in [0.2, 0.25) is 0 Å². The Hall–Kier alpha value is -1.89. The lowest BCUT2D eigenvalue weighted by molar-refractivity contribution is 0.368. The number of nitrogens with zero attached hydrogens (tertiary/aromatic N) is 2. The highest BCUT2D eigenvalue weighted by Gasteiger charge is 2.14. The van der Waals surface area contributed by atoms with E-state index < -0.39 is 5.82 Å². The first kappa shape index (κ1) is 14.5. The highest BCUT2D eigenvalue weighted by molar-refractivity contribution is 9.10. The molecule has 1 N–H and O–H groups in total. The molecule has 20 heavy (non-hydrogen) atoms. The molecule has 2 rings (SSSR count). The van der Waals surface area contributed by atoms with Crippen LogP contribution >= 0.6 is 15.9 Å². The number of anilines is 1. The molecule has 0 saturated heterocycles. The van der Waals surface area contributed by atoms with Crippen LogP contribution in [0.3, 0.4) is 0 Å². The zero-order chi connectivity index (χ0) is 14.5. The molecule has 1 heterocycles. The Labute approximate surface area is 124 Å².